The van der Waals surface area contributed by atoms with Gasteiger partial charge in [-0.15, -0.1) is 0 Å². The molecule has 0 spiro atoms. The monoisotopic (exact) mass is 350 g/mol. The van der Waals surface area contributed by atoms with Crippen molar-refractivity contribution in [3.8, 4) is 0 Å². The van der Waals surface area contributed by atoms with Gasteiger partial charge in [-0.25, -0.2) is 4.52 Å². The lowest BCUT2D eigenvalue weighted by Crippen LogP contribution is -2.11. The highest BCUT2D eigenvalue weighted by molar-refractivity contribution is 9.10. The van der Waals surface area contributed by atoms with Crippen molar-refractivity contribution >= 4 is 44.6 Å². The molecule has 0 atom stereocenters. The number of benzene rings is 1. The third-order valence-corrected chi connectivity index (χ3v) is 3.98. The Kier molecular flexibility index (Phi) is 3.42. The van der Waals surface area contributed by atoms with E-state index in [1.165, 1.54) is 6.20 Å². The summed E-state index contributed by atoms with van der Waals surface area (Å²) in [5.41, 5.74) is 1.72. The predicted octanol–water partition coefficient (Wildman–Crippen LogP) is 3.40. The second kappa shape index (κ2) is 5.22. The van der Waals surface area contributed by atoms with E-state index in [9.17, 15) is 4.79 Å². The second-order valence-electron chi connectivity index (χ2n) is 4.05. The Morgan fingerprint density at radius 3 is 3.00 bits per heavy atom. The maximum atomic E-state index is 12.2. The average molecular weight is 352 g/mol. The van der Waals surface area contributed by atoms with Crippen LogP contribution >= 0.6 is 27.5 Å². The maximum absolute atomic E-state index is 12.2. The number of fused-ring (bicyclic) bond motifs is 1. The van der Waals surface area contributed by atoms with E-state index < -0.39 is 0 Å². The van der Waals surface area contributed by atoms with E-state index in [1.54, 1.807) is 41.3 Å². The molecule has 0 bridgehead atoms. The summed E-state index contributed by atoms with van der Waals surface area (Å²) in [5, 5.41) is 7.41. The van der Waals surface area contributed by atoms with Crippen molar-refractivity contribution < 1.29 is 4.79 Å². The van der Waals surface area contributed by atoms with Crippen LogP contribution in [0, 0.1) is 0 Å². The van der Waals surface area contributed by atoms with Gasteiger partial charge in [0.15, 0.2) is 0 Å². The van der Waals surface area contributed by atoms with Crippen LogP contribution in [0.15, 0.2) is 47.5 Å². The molecule has 20 heavy (non-hydrogen) atoms. The number of carbonyl (C=O) groups is 1. The van der Waals surface area contributed by atoms with Gasteiger partial charge in [0.25, 0.3) is 5.91 Å². The Bertz CT molecular complexity index is 802. The molecule has 0 aliphatic carbocycles. The molecule has 0 radical (unpaired) electrons. The van der Waals surface area contributed by atoms with Gasteiger partial charge in [0.1, 0.15) is 0 Å². The summed E-state index contributed by atoms with van der Waals surface area (Å²) in [5.74, 6) is -0.258. The highest BCUT2D eigenvalue weighted by Crippen LogP contribution is 2.26. The molecule has 0 aliphatic rings. The minimum absolute atomic E-state index is 0.258. The van der Waals surface area contributed by atoms with Gasteiger partial charge in [-0.2, -0.15) is 5.10 Å². The normalized spacial score (nSPS) is 10.7. The Balaban J connectivity index is 1.91. The van der Waals surface area contributed by atoms with E-state index in [1.807, 2.05) is 0 Å². The number of nitrogens with zero attached hydrogens (tertiary/aromatic N) is 3. The van der Waals surface area contributed by atoms with Crippen LogP contribution in [0.2, 0.25) is 5.02 Å². The number of nitrogens with one attached hydrogen (secondary N) is 1. The molecule has 1 N–H and O–H groups in total. The van der Waals surface area contributed by atoms with Crippen molar-refractivity contribution in [1.29, 1.82) is 0 Å². The van der Waals surface area contributed by atoms with Crippen LogP contribution in [0.25, 0.3) is 5.52 Å². The lowest BCUT2D eigenvalue weighted by atomic mass is 10.2. The number of carbonyl (C=O) groups excluding carboxylic acids is 1. The second-order valence-corrected chi connectivity index (χ2v) is 5.31. The Labute approximate surface area is 127 Å². The minimum atomic E-state index is -0.258. The zero-order valence-corrected chi connectivity index (χ0v) is 12.4. The number of rotatable bonds is 2. The summed E-state index contributed by atoms with van der Waals surface area (Å²) in [6, 6.07) is 5.21. The standard InChI is InChI=1S/C13H8BrClN4O/c14-10-2-1-8(5-11(10)15)18-13(20)9-6-17-19-4-3-16-7-12(9)19/h1-7H,(H,18,20). The molecule has 0 fully saturated rings. The third kappa shape index (κ3) is 2.39. The van der Waals surface area contributed by atoms with Crippen LogP contribution in [0.5, 0.6) is 0 Å². The van der Waals surface area contributed by atoms with Gasteiger partial charge >= 0.3 is 0 Å². The maximum Gasteiger partial charge on any atom is 0.259 e. The average Bonchev–Trinajstić information content (AvgIpc) is 2.87. The summed E-state index contributed by atoms with van der Waals surface area (Å²) in [7, 11) is 0. The van der Waals surface area contributed by atoms with Crippen LogP contribution in [0.3, 0.4) is 0 Å². The highest BCUT2D eigenvalue weighted by Gasteiger charge is 2.13. The van der Waals surface area contributed by atoms with Crippen LogP contribution in [0.4, 0.5) is 5.69 Å². The van der Waals surface area contributed by atoms with Gasteiger partial charge < -0.3 is 5.32 Å². The summed E-state index contributed by atoms with van der Waals surface area (Å²) in [6.45, 7) is 0. The summed E-state index contributed by atoms with van der Waals surface area (Å²) < 4.78 is 2.37. The molecule has 100 valence electrons. The number of hydrogen-bond donors (Lipinski definition) is 1. The predicted molar refractivity (Wildman–Crippen MR) is 80.1 cm³/mol. The van der Waals surface area contributed by atoms with Crippen molar-refractivity contribution in [2.45, 2.75) is 0 Å². The highest BCUT2D eigenvalue weighted by atomic mass is 79.9. The number of halogens is 2. The first-order valence-electron chi connectivity index (χ1n) is 5.69. The van der Waals surface area contributed by atoms with Gasteiger partial charge in [-0.1, -0.05) is 11.6 Å². The molecule has 3 rings (SSSR count). The molecule has 2 aromatic heterocycles. The lowest BCUT2D eigenvalue weighted by Gasteiger charge is -2.05. The molecule has 0 saturated carbocycles. The zero-order chi connectivity index (χ0) is 14.1. The van der Waals surface area contributed by atoms with Crippen molar-refractivity contribution in [2.24, 2.45) is 0 Å². The third-order valence-electron chi connectivity index (χ3n) is 2.75. The van der Waals surface area contributed by atoms with Crippen LogP contribution in [0.1, 0.15) is 10.4 Å². The smallest absolute Gasteiger partial charge is 0.259 e. The molecule has 1 amide bonds. The van der Waals surface area contributed by atoms with E-state index in [0.717, 1.165) is 4.47 Å². The SMILES string of the molecule is O=C(Nc1ccc(Br)c(Cl)c1)c1cnn2ccncc12. The van der Waals surface area contributed by atoms with Gasteiger partial charge in [0, 0.05) is 22.6 Å². The van der Waals surface area contributed by atoms with Crippen LogP contribution < -0.4 is 5.32 Å². The fraction of sp³-hybridized carbons (Fsp3) is 0. The van der Waals surface area contributed by atoms with Gasteiger partial charge in [-0.05, 0) is 34.1 Å². The topological polar surface area (TPSA) is 59.3 Å². The Morgan fingerprint density at radius 1 is 1.35 bits per heavy atom. The fourth-order valence-electron chi connectivity index (χ4n) is 1.78. The van der Waals surface area contributed by atoms with Crippen LogP contribution in [-0.4, -0.2) is 20.5 Å². The summed E-state index contributed by atoms with van der Waals surface area (Å²) in [4.78, 5) is 16.2. The molecule has 0 unspecified atom stereocenters. The molecule has 0 aliphatic heterocycles. The summed E-state index contributed by atoms with van der Waals surface area (Å²) >= 11 is 9.29. The largest absolute Gasteiger partial charge is 0.322 e. The van der Waals surface area contributed by atoms with Crippen molar-refractivity contribution in [1.82, 2.24) is 14.6 Å². The molecule has 7 heteroatoms. The van der Waals surface area contributed by atoms with E-state index in [4.69, 9.17) is 11.6 Å². The first-order chi connectivity index (χ1) is 9.65. The molecule has 5 nitrogen and oxygen atoms in total. The molecule has 0 saturated heterocycles. The first kappa shape index (κ1) is 13.1. The Morgan fingerprint density at radius 2 is 2.20 bits per heavy atom. The minimum Gasteiger partial charge on any atom is -0.322 e. The zero-order valence-electron chi connectivity index (χ0n) is 10.0. The van der Waals surface area contributed by atoms with Gasteiger partial charge in [0.05, 0.1) is 28.5 Å². The lowest BCUT2D eigenvalue weighted by molar-refractivity contribution is 0.102. The molecular formula is C13H8BrClN4O. The number of hydrogen-bond acceptors (Lipinski definition) is 3. The van der Waals surface area contributed by atoms with Crippen molar-refractivity contribution in [3.05, 3.63) is 58.0 Å². The first-order valence-corrected chi connectivity index (χ1v) is 6.86. The number of aromatic nitrogens is 3. The van der Waals surface area contributed by atoms with Gasteiger partial charge in [0.2, 0.25) is 0 Å². The van der Waals surface area contributed by atoms with E-state index in [2.05, 4.69) is 31.3 Å². The van der Waals surface area contributed by atoms with E-state index in [0.29, 0.717) is 21.8 Å². The fourth-order valence-corrected chi connectivity index (χ4v) is 2.21. The molecule has 3 aromatic rings. The quantitative estimate of drug-likeness (QED) is 0.770. The summed E-state index contributed by atoms with van der Waals surface area (Å²) in [6.07, 6.45) is 6.39. The van der Waals surface area contributed by atoms with Crippen LogP contribution in [-0.2, 0) is 0 Å². The number of amides is 1. The van der Waals surface area contributed by atoms with E-state index in [-0.39, 0.29) is 5.91 Å². The molecular weight excluding hydrogens is 344 g/mol. The molecule has 2 heterocycles. The molecule has 1 aromatic carbocycles. The Hall–Kier alpha value is -1.92. The number of anilines is 1. The van der Waals surface area contributed by atoms with Crippen molar-refractivity contribution in [3.63, 3.8) is 0 Å². The van der Waals surface area contributed by atoms with Crippen molar-refractivity contribution in [2.75, 3.05) is 5.32 Å². The van der Waals surface area contributed by atoms with E-state index >= 15 is 0 Å². The van der Waals surface area contributed by atoms with Gasteiger partial charge in [-0.3, -0.25) is 9.78 Å².